The molecule has 6 nitrogen and oxygen atoms in total. The van der Waals surface area contributed by atoms with Crippen molar-refractivity contribution in [3.63, 3.8) is 0 Å². The molecule has 0 amide bonds. The molecule has 126 valence electrons. The zero-order valence-corrected chi connectivity index (χ0v) is 14.6. The van der Waals surface area contributed by atoms with Gasteiger partial charge in [-0.25, -0.2) is 0 Å². The number of hydrogen-bond donors (Lipinski definition) is 1. The lowest BCUT2D eigenvalue weighted by molar-refractivity contribution is -0.385. The average molecular weight is 384 g/mol. The lowest BCUT2D eigenvalue weighted by Crippen LogP contribution is -2.51. The topological polar surface area (TPSA) is 69.9 Å². The van der Waals surface area contributed by atoms with Gasteiger partial charge in [-0.2, -0.15) is 0 Å². The largest absolute Gasteiger partial charge is 0.391 e. The van der Waals surface area contributed by atoms with Crippen LogP contribution in [0.3, 0.4) is 0 Å². The second-order valence-electron chi connectivity index (χ2n) is 6.42. The Morgan fingerprint density at radius 3 is 2.61 bits per heavy atom. The summed E-state index contributed by atoms with van der Waals surface area (Å²) in [5.41, 5.74) is 1.09. The quantitative estimate of drug-likeness (QED) is 0.638. The SMILES string of the molecule is O=[N+]([O-])c1cc(CN2CCN([C@@H]3CCC[C@H]3O)CC2)ccc1Br. The second kappa shape index (κ2) is 7.25. The average Bonchev–Trinajstić information content (AvgIpc) is 2.96. The van der Waals surface area contributed by atoms with Crippen LogP contribution in [0.4, 0.5) is 5.69 Å². The van der Waals surface area contributed by atoms with Crippen molar-refractivity contribution < 1.29 is 10.0 Å². The van der Waals surface area contributed by atoms with Crippen molar-refractivity contribution in [1.29, 1.82) is 0 Å². The molecule has 0 radical (unpaired) electrons. The normalized spacial score (nSPS) is 26.5. The fourth-order valence-electron chi connectivity index (χ4n) is 3.65. The van der Waals surface area contributed by atoms with E-state index in [0.29, 0.717) is 10.5 Å². The van der Waals surface area contributed by atoms with Gasteiger partial charge in [0.15, 0.2) is 0 Å². The number of hydrogen-bond acceptors (Lipinski definition) is 5. The number of nitro benzene ring substituents is 1. The molecule has 2 aliphatic rings. The van der Waals surface area contributed by atoms with Crippen LogP contribution in [-0.2, 0) is 6.54 Å². The van der Waals surface area contributed by atoms with Crippen molar-refractivity contribution in [3.05, 3.63) is 38.3 Å². The van der Waals surface area contributed by atoms with Gasteiger partial charge < -0.3 is 5.11 Å². The molecule has 1 aromatic carbocycles. The van der Waals surface area contributed by atoms with Crippen molar-refractivity contribution >= 4 is 21.6 Å². The summed E-state index contributed by atoms with van der Waals surface area (Å²) in [6.07, 6.45) is 2.97. The van der Waals surface area contributed by atoms with E-state index in [1.807, 2.05) is 6.07 Å². The zero-order chi connectivity index (χ0) is 16.4. The number of nitro groups is 1. The smallest absolute Gasteiger partial charge is 0.283 e. The van der Waals surface area contributed by atoms with Gasteiger partial charge in [-0.15, -0.1) is 0 Å². The van der Waals surface area contributed by atoms with Crippen LogP contribution in [-0.4, -0.2) is 58.2 Å². The summed E-state index contributed by atoms with van der Waals surface area (Å²) in [5, 5.41) is 21.0. The molecule has 1 heterocycles. The fourth-order valence-corrected chi connectivity index (χ4v) is 4.05. The van der Waals surface area contributed by atoms with Gasteiger partial charge >= 0.3 is 0 Å². The molecule has 1 saturated heterocycles. The van der Waals surface area contributed by atoms with Gasteiger partial charge in [-0.05, 0) is 46.8 Å². The minimum Gasteiger partial charge on any atom is -0.391 e. The van der Waals surface area contributed by atoms with E-state index in [0.717, 1.165) is 57.5 Å². The highest BCUT2D eigenvalue weighted by molar-refractivity contribution is 9.10. The Kier molecular flexibility index (Phi) is 5.31. The van der Waals surface area contributed by atoms with E-state index in [1.165, 1.54) is 0 Å². The summed E-state index contributed by atoms with van der Waals surface area (Å²) in [6, 6.07) is 5.66. The van der Waals surface area contributed by atoms with Crippen molar-refractivity contribution in [2.45, 2.75) is 38.0 Å². The first-order valence-corrected chi connectivity index (χ1v) is 8.91. The van der Waals surface area contributed by atoms with Gasteiger partial charge in [0.05, 0.1) is 15.5 Å². The maximum Gasteiger partial charge on any atom is 0.283 e. The molecular formula is C16H22BrN3O3. The molecule has 3 rings (SSSR count). The number of piperazine rings is 1. The Morgan fingerprint density at radius 1 is 1.26 bits per heavy atom. The predicted octanol–water partition coefficient (Wildman–Crippen LogP) is 2.39. The molecule has 0 unspecified atom stereocenters. The van der Waals surface area contributed by atoms with Gasteiger partial charge in [-0.1, -0.05) is 6.07 Å². The number of aliphatic hydroxyl groups excluding tert-OH is 1. The van der Waals surface area contributed by atoms with Gasteiger partial charge in [0, 0.05) is 44.8 Å². The molecule has 0 aromatic heterocycles. The first-order valence-electron chi connectivity index (χ1n) is 8.12. The molecule has 1 aliphatic heterocycles. The number of rotatable bonds is 4. The number of aliphatic hydroxyl groups is 1. The molecule has 23 heavy (non-hydrogen) atoms. The minimum absolute atomic E-state index is 0.121. The summed E-state index contributed by atoms with van der Waals surface area (Å²) >= 11 is 3.22. The predicted molar refractivity (Wildman–Crippen MR) is 91.3 cm³/mol. The van der Waals surface area contributed by atoms with Crippen LogP contribution in [0.1, 0.15) is 24.8 Å². The summed E-state index contributed by atoms with van der Waals surface area (Å²) in [5.74, 6) is 0. The van der Waals surface area contributed by atoms with Crippen LogP contribution < -0.4 is 0 Å². The molecule has 0 bridgehead atoms. The lowest BCUT2D eigenvalue weighted by Gasteiger charge is -2.39. The molecule has 1 saturated carbocycles. The van der Waals surface area contributed by atoms with E-state index in [4.69, 9.17) is 0 Å². The minimum atomic E-state index is -0.354. The highest BCUT2D eigenvalue weighted by atomic mass is 79.9. The van der Waals surface area contributed by atoms with E-state index in [2.05, 4.69) is 25.7 Å². The highest BCUT2D eigenvalue weighted by Crippen LogP contribution is 2.27. The Labute approximate surface area is 144 Å². The Balaban J connectivity index is 1.56. The third-order valence-corrected chi connectivity index (χ3v) is 5.60. The molecule has 7 heteroatoms. The van der Waals surface area contributed by atoms with Gasteiger partial charge in [0.1, 0.15) is 0 Å². The van der Waals surface area contributed by atoms with Crippen LogP contribution in [0.15, 0.2) is 22.7 Å². The molecule has 2 atom stereocenters. The van der Waals surface area contributed by atoms with Gasteiger partial charge in [0.2, 0.25) is 0 Å². The Hall–Kier alpha value is -1.02. The summed E-state index contributed by atoms with van der Waals surface area (Å²) < 4.78 is 0.520. The van der Waals surface area contributed by atoms with Crippen LogP contribution in [0.5, 0.6) is 0 Å². The maximum atomic E-state index is 11.0. The van der Waals surface area contributed by atoms with E-state index >= 15 is 0 Å². The molecule has 2 fully saturated rings. The van der Waals surface area contributed by atoms with Crippen molar-refractivity contribution in [2.24, 2.45) is 0 Å². The fraction of sp³-hybridized carbons (Fsp3) is 0.625. The third kappa shape index (κ3) is 3.91. The first-order chi connectivity index (χ1) is 11.0. The van der Waals surface area contributed by atoms with Crippen LogP contribution in [0.2, 0.25) is 0 Å². The van der Waals surface area contributed by atoms with Crippen LogP contribution in [0.25, 0.3) is 0 Å². The standard InChI is InChI=1S/C16H22BrN3O3/c17-13-5-4-12(10-15(13)20(22)23)11-18-6-8-19(9-7-18)14-2-1-3-16(14)21/h4-5,10,14,16,21H,1-3,6-9,11H2/t14-,16-/m1/s1. The van der Waals surface area contributed by atoms with E-state index in [9.17, 15) is 15.2 Å². The van der Waals surface area contributed by atoms with E-state index in [-0.39, 0.29) is 16.7 Å². The maximum absolute atomic E-state index is 11.0. The van der Waals surface area contributed by atoms with E-state index in [1.54, 1.807) is 12.1 Å². The number of halogens is 1. The Morgan fingerprint density at radius 2 is 2.00 bits per heavy atom. The summed E-state index contributed by atoms with van der Waals surface area (Å²) in [7, 11) is 0. The zero-order valence-electron chi connectivity index (χ0n) is 13.0. The Bertz CT molecular complexity index is 576. The highest BCUT2D eigenvalue weighted by Gasteiger charge is 2.32. The molecular weight excluding hydrogens is 362 g/mol. The summed E-state index contributed by atoms with van der Waals surface area (Å²) in [6.45, 7) is 4.52. The van der Waals surface area contributed by atoms with Gasteiger partial charge in [-0.3, -0.25) is 19.9 Å². The number of nitrogens with zero attached hydrogens (tertiary/aromatic N) is 3. The lowest BCUT2D eigenvalue weighted by atomic mass is 10.1. The van der Waals surface area contributed by atoms with Crippen LogP contribution in [0, 0.1) is 10.1 Å². The third-order valence-electron chi connectivity index (χ3n) is 4.93. The van der Waals surface area contributed by atoms with Crippen molar-refractivity contribution in [2.75, 3.05) is 26.2 Å². The first kappa shape index (κ1) is 16.8. The van der Waals surface area contributed by atoms with Gasteiger partial charge in [0.25, 0.3) is 5.69 Å². The van der Waals surface area contributed by atoms with Crippen molar-refractivity contribution in [3.8, 4) is 0 Å². The van der Waals surface area contributed by atoms with Crippen LogP contribution >= 0.6 is 15.9 Å². The number of benzene rings is 1. The second-order valence-corrected chi connectivity index (χ2v) is 7.27. The molecule has 1 aliphatic carbocycles. The van der Waals surface area contributed by atoms with Crippen molar-refractivity contribution in [1.82, 2.24) is 9.80 Å². The molecule has 1 aromatic rings. The molecule has 1 N–H and O–H groups in total. The monoisotopic (exact) mass is 383 g/mol. The molecule has 0 spiro atoms. The summed E-state index contributed by atoms with van der Waals surface area (Å²) in [4.78, 5) is 15.4. The van der Waals surface area contributed by atoms with E-state index < -0.39 is 0 Å².